The molecule has 0 bridgehead atoms. The summed E-state index contributed by atoms with van der Waals surface area (Å²) in [6.07, 6.45) is 2.51. The van der Waals surface area contributed by atoms with Crippen molar-refractivity contribution in [1.29, 1.82) is 0 Å². The van der Waals surface area contributed by atoms with Gasteiger partial charge in [0.05, 0.1) is 12.6 Å². The molecular formula is C9H21N2O+. The highest BCUT2D eigenvalue weighted by Crippen LogP contribution is 2.05. The minimum Gasteiger partial charge on any atom is -0.380 e. The predicted molar refractivity (Wildman–Crippen MR) is 48.8 cm³/mol. The van der Waals surface area contributed by atoms with Crippen molar-refractivity contribution in [2.75, 3.05) is 32.8 Å². The average molecular weight is 173 g/mol. The zero-order valence-corrected chi connectivity index (χ0v) is 8.09. The van der Waals surface area contributed by atoms with E-state index in [1.807, 2.05) is 6.92 Å². The van der Waals surface area contributed by atoms with Crippen molar-refractivity contribution in [2.24, 2.45) is 0 Å². The summed E-state index contributed by atoms with van der Waals surface area (Å²) in [5.74, 6) is 0. The van der Waals surface area contributed by atoms with Gasteiger partial charge in [-0.15, -0.1) is 0 Å². The van der Waals surface area contributed by atoms with E-state index in [-0.39, 0.29) is 0 Å². The number of nitrogens with zero attached hydrogens (tertiary/aromatic N) is 1. The third kappa shape index (κ3) is 3.52. The van der Waals surface area contributed by atoms with Crippen LogP contribution in [0.25, 0.3) is 0 Å². The van der Waals surface area contributed by atoms with Crippen LogP contribution in [0.1, 0.15) is 19.8 Å². The second-order valence-electron chi connectivity index (χ2n) is 3.48. The van der Waals surface area contributed by atoms with Crippen molar-refractivity contribution in [2.45, 2.75) is 25.8 Å². The molecule has 0 radical (unpaired) electrons. The Morgan fingerprint density at radius 3 is 2.67 bits per heavy atom. The Kier molecular flexibility index (Phi) is 4.58. The van der Waals surface area contributed by atoms with Gasteiger partial charge in [0.15, 0.2) is 0 Å². The quantitative estimate of drug-likeness (QED) is 0.594. The van der Waals surface area contributed by atoms with E-state index in [0.29, 0.717) is 6.04 Å². The van der Waals surface area contributed by atoms with Crippen molar-refractivity contribution < 1.29 is 10.5 Å². The molecule has 1 fully saturated rings. The second kappa shape index (κ2) is 5.51. The highest BCUT2D eigenvalue weighted by Gasteiger charge is 2.17. The molecule has 12 heavy (non-hydrogen) atoms. The summed E-state index contributed by atoms with van der Waals surface area (Å²) < 4.78 is 5.31. The molecule has 1 saturated heterocycles. The van der Waals surface area contributed by atoms with Crippen molar-refractivity contribution >= 4 is 0 Å². The number of piperidine rings is 1. The van der Waals surface area contributed by atoms with Crippen LogP contribution < -0.4 is 5.73 Å². The normalized spacial score (nSPS) is 21.5. The Hall–Kier alpha value is -0.120. The van der Waals surface area contributed by atoms with Crippen LogP contribution in [0.4, 0.5) is 0 Å². The second-order valence-corrected chi connectivity index (χ2v) is 3.48. The Morgan fingerprint density at radius 1 is 1.42 bits per heavy atom. The lowest BCUT2D eigenvalue weighted by Crippen LogP contribution is -2.64. The van der Waals surface area contributed by atoms with Crippen LogP contribution in [0.15, 0.2) is 0 Å². The van der Waals surface area contributed by atoms with Crippen LogP contribution in [0, 0.1) is 0 Å². The fourth-order valence-electron chi connectivity index (χ4n) is 1.55. The summed E-state index contributed by atoms with van der Waals surface area (Å²) >= 11 is 0. The van der Waals surface area contributed by atoms with Gasteiger partial charge in [-0.05, 0) is 6.92 Å². The minimum atomic E-state index is 0.688. The van der Waals surface area contributed by atoms with Gasteiger partial charge in [-0.1, -0.05) is 0 Å². The van der Waals surface area contributed by atoms with E-state index >= 15 is 0 Å². The van der Waals surface area contributed by atoms with Gasteiger partial charge < -0.3 is 15.4 Å². The van der Waals surface area contributed by atoms with Crippen molar-refractivity contribution in [1.82, 2.24) is 4.90 Å². The topological polar surface area (TPSA) is 40.1 Å². The Bertz CT molecular complexity index is 111. The molecule has 0 aromatic rings. The molecule has 0 spiro atoms. The van der Waals surface area contributed by atoms with E-state index < -0.39 is 0 Å². The highest BCUT2D eigenvalue weighted by atomic mass is 16.5. The molecule has 1 heterocycles. The monoisotopic (exact) mass is 173 g/mol. The number of hydrogen-bond acceptors (Lipinski definition) is 2. The average Bonchev–Trinajstić information content (AvgIpc) is 2.09. The van der Waals surface area contributed by atoms with Gasteiger partial charge in [-0.3, -0.25) is 0 Å². The van der Waals surface area contributed by atoms with Crippen LogP contribution in [0.5, 0.6) is 0 Å². The lowest BCUT2D eigenvalue weighted by atomic mass is 10.1. The van der Waals surface area contributed by atoms with Gasteiger partial charge >= 0.3 is 0 Å². The Morgan fingerprint density at radius 2 is 2.08 bits per heavy atom. The Balaban J connectivity index is 2.01. The van der Waals surface area contributed by atoms with Crippen molar-refractivity contribution in [3.63, 3.8) is 0 Å². The van der Waals surface area contributed by atoms with Gasteiger partial charge in [-0.25, -0.2) is 0 Å². The number of likely N-dealkylation sites (tertiary alicyclic amines) is 1. The van der Waals surface area contributed by atoms with Gasteiger partial charge in [0, 0.05) is 39.1 Å². The van der Waals surface area contributed by atoms with Crippen LogP contribution in [-0.4, -0.2) is 43.8 Å². The molecule has 3 heteroatoms. The zero-order chi connectivity index (χ0) is 8.81. The predicted octanol–water partition coefficient (Wildman–Crippen LogP) is -0.271. The summed E-state index contributed by atoms with van der Waals surface area (Å²) in [7, 11) is 0. The third-order valence-electron chi connectivity index (χ3n) is 2.46. The van der Waals surface area contributed by atoms with Crippen molar-refractivity contribution in [3.8, 4) is 0 Å². The number of rotatable bonds is 4. The van der Waals surface area contributed by atoms with Gasteiger partial charge in [0.1, 0.15) is 0 Å². The summed E-state index contributed by atoms with van der Waals surface area (Å²) in [5, 5.41) is 0. The molecule has 3 N–H and O–H groups in total. The highest BCUT2D eigenvalue weighted by molar-refractivity contribution is 4.69. The van der Waals surface area contributed by atoms with Crippen LogP contribution in [0.3, 0.4) is 0 Å². The molecule has 0 atom stereocenters. The van der Waals surface area contributed by atoms with E-state index in [9.17, 15) is 0 Å². The maximum absolute atomic E-state index is 5.31. The molecule has 1 rings (SSSR count). The summed E-state index contributed by atoms with van der Waals surface area (Å²) in [6.45, 7) is 7.29. The smallest absolute Gasteiger partial charge is 0.0868 e. The fourth-order valence-corrected chi connectivity index (χ4v) is 1.55. The first-order valence-electron chi connectivity index (χ1n) is 4.96. The fraction of sp³-hybridized carbons (Fsp3) is 1.00. The maximum atomic E-state index is 5.31. The third-order valence-corrected chi connectivity index (χ3v) is 2.46. The summed E-state index contributed by atoms with van der Waals surface area (Å²) in [6, 6.07) is 0.688. The van der Waals surface area contributed by atoms with Crippen LogP contribution in [0.2, 0.25) is 0 Å². The van der Waals surface area contributed by atoms with Gasteiger partial charge in [-0.2, -0.15) is 0 Å². The molecule has 1 aliphatic rings. The van der Waals surface area contributed by atoms with Gasteiger partial charge in [0.25, 0.3) is 0 Å². The first-order chi connectivity index (χ1) is 5.83. The molecule has 0 saturated carbocycles. The largest absolute Gasteiger partial charge is 0.380 e. The minimum absolute atomic E-state index is 0.688. The molecule has 3 nitrogen and oxygen atoms in total. The summed E-state index contributed by atoms with van der Waals surface area (Å²) in [4.78, 5) is 2.47. The first-order valence-corrected chi connectivity index (χ1v) is 4.96. The number of hydrogen-bond donors (Lipinski definition) is 1. The molecule has 0 unspecified atom stereocenters. The molecule has 0 aromatic heterocycles. The zero-order valence-electron chi connectivity index (χ0n) is 8.09. The Labute approximate surface area is 74.9 Å². The molecular weight excluding hydrogens is 152 g/mol. The first kappa shape index (κ1) is 9.96. The molecule has 1 aliphatic heterocycles. The summed E-state index contributed by atoms with van der Waals surface area (Å²) in [5.41, 5.74) is 4.07. The van der Waals surface area contributed by atoms with Crippen LogP contribution >= 0.6 is 0 Å². The van der Waals surface area contributed by atoms with E-state index in [0.717, 1.165) is 19.8 Å². The van der Waals surface area contributed by atoms with E-state index in [4.69, 9.17) is 4.74 Å². The van der Waals surface area contributed by atoms with E-state index in [2.05, 4.69) is 10.6 Å². The maximum Gasteiger partial charge on any atom is 0.0868 e. The van der Waals surface area contributed by atoms with E-state index in [1.54, 1.807) is 0 Å². The molecule has 0 aliphatic carbocycles. The standard InChI is InChI=1S/C9H20N2O/c1-2-12-8-7-11-5-3-9(10)4-6-11/h9H,2-8,10H2,1H3/p+1. The molecule has 0 aromatic carbocycles. The number of quaternary nitrogens is 1. The SMILES string of the molecule is CCOCCN1CCC([NH3+])CC1. The lowest BCUT2D eigenvalue weighted by Gasteiger charge is -2.28. The van der Waals surface area contributed by atoms with Crippen molar-refractivity contribution in [3.05, 3.63) is 0 Å². The lowest BCUT2D eigenvalue weighted by molar-refractivity contribution is -0.426. The molecule has 0 amide bonds. The van der Waals surface area contributed by atoms with Gasteiger partial charge in [0.2, 0.25) is 0 Å². The van der Waals surface area contributed by atoms with Crippen LogP contribution in [-0.2, 0) is 4.74 Å². The number of ether oxygens (including phenoxy) is 1. The molecule has 72 valence electrons. The van der Waals surface area contributed by atoms with E-state index in [1.165, 1.54) is 25.9 Å².